The van der Waals surface area contributed by atoms with E-state index in [1.54, 1.807) is 0 Å². The molecular weight excluding hydrogens is 270 g/mol. The number of nitrogens with one attached hydrogen (secondary N) is 1. The lowest BCUT2D eigenvalue weighted by Gasteiger charge is -2.24. The molecule has 0 saturated heterocycles. The summed E-state index contributed by atoms with van der Waals surface area (Å²) in [6, 6.07) is 12.7. The quantitative estimate of drug-likeness (QED) is 0.939. The highest BCUT2D eigenvalue weighted by Crippen LogP contribution is 2.27. The van der Waals surface area contributed by atoms with Gasteiger partial charge in [-0.25, -0.2) is 0 Å². The molecule has 1 aliphatic rings. The number of benzene rings is 1. The third kappa shape index (κ3) is 3.42. The molecule has 20 heavy (non-hydrogen) atoms. The van der Waals surface area contributed by atoms with Crippen LogP contribution in [0, 0.1) is 0 Å². The van der Waals surface area contributed by atoms with Crippen molar-refractivity contribution in [3.63, 3.8) is 0 Å². The van der Waals surface area contributed by atoms with E-state index in [2.05, 4.69) is 45.5 Å². The van der Waals surface area contributed by atoms with E-state index in [1.807, 2.05) is 18.5 Å². The number of para-hydroxylation sites is 2. The zero-order chi connectivity index (χ0) is 12.9. The van der Waals surface area contributed by atoms with Gasteiger partial charge in [-0.2, -0.15) is 0 Å². The Hall–Kier alpha value is -1.74. The summed E-state index contributed by atoms with van der Waals surface area (Å²) < 4.78 is 0. The van der Waals surface area contributed by atoms with Crippen LogP contribution in [0.2, 0.25) is 0 Å². The molecule has 0 radical (unpaired) electrons. The van der Waals surface area contributed by atoms with Crippen LogP contribution in [0.5, 0.6) is 0 Å². The van der Waals surface area contributed by atoms with Crippen LogP contribution in [-0.4, -0.2) is 24.6 Å². The first-order valence-electron chi connectivity index (χ1n) is 6.90. The lowest BCUT2D eigenvalue weighted by molar-refractivity contribution is 0.753. The fourth-order valence-electron chi connectivity index (χ4n) is 2.55. The topological polar surface area (TPSA) is 28.2 Å². The fourth-order valence-corrected chi connectivity index (χ4v) is 2.55. The van der Waals surface area contributed by atoms with Gasteiger partial charge in [0.2, 0.25) is 0 Å². The smallest absolute Gasteiger partial charge is 0.0602 e. The van der Waals surface area contributed by atoms with Gasteiger partial charge < -0.3 is 10.2 Å². The van der Waals surface area contributed by atoms with Crippen molar-refractivity contribution in [3.05, 3.63) is 54.4 Å². The van der Waals surface area contributed by atoms with Crippen LogP contribution in [0.1, 0.15) is 12.0 Å². The number of nitrogens with zero attached hydrogens (tertiary/aromatic N) is 2. The first-order valence-corrected chi connectivity index (χ1v) is 6.90. The van der Waals surface area contributed by atoms with Crippen molar-refractivity contribution < 1.29 is 0 Å². The molecular formula is C16H20ClN3. The summed E-state index contributed by atoms with van der Waals surface area (Å²) in [4.78, 5) is 6.65. The van der Waals surface area contributed by atoms with Gasteiger partial charge in [0.1, 0.15) is 0 Å². The average molecular weight is 290 g/mol. The van der Waals surface area contributed by atoms with Crippen molar-refractivity contribution in [1.82, 2.24) is 4.98 Å². The van der Waals surface area contributed by atoms with Crippen LogP contribution in [0.15, 0.2) is 48.8 Å². The summed E-state index contributed by atoms with van der Waals surface area (Å²) in [6.45, 7) is 3.22. The van der Waals surface area contributed by atoms with Crippen LogP contribution in [0.25, 0.3) is 0 Å². The van der Waals surface area contributed by atoms with Gasteiger partial charge in [0.25, 0.3) is 0 Å². The standard InChI is InChI=1S/C16H19N3.ClH/c1-2-7-16-15(6-1)18-10-4-11-19(16)12-8-14-5-3-9-17-13-14;/h1-3,5-7,9,13,18H,4,8,10-12H2;1H. The van der Waals surface area contributed by atoms with E-state index in [1.165, 1.54) is 23.4 Å². The molecule has 1 aromatic carbocycles. The van der Waals surface area contributed by atoms with Crippen molar-refractivity contribution in [2.45, 2.75) is 12.8 Å². The van der Waals surface area contributed by atoms with Crippen LogP contribution in [0.3, 0.4) is 0 Å². The number of rotatable bonds is 3. The van der Waals surface area contributed by atoms with Crippen LogP contribution < -0.4 is 10.2 Å². The first kappa shape index (κ1) is 14.7. The Bertz CT molecular complexity index is 530. The zero-order valence-electron chi connectivity index (χ0n) is 11.5. The van der Waals surface area contributed by atoms with E-state index in [0.29, 0.717) is 0 Å². The van der Waals surface area contributed by atoms with Crippen molar-refractivity contribution in [2.24, 2.45) is 0 Å². The number of halogens is 1. The Morgan fingerprint density at radius 2 is 2.05 bits per heavy atom. The Labute approximate surface area is 126 Å². The highest BCUT2D eigenvalue weighted by molar-refractivity contribution is 5.85. The molecule has 0 unspecified atom stereocenters. The molecule has 0 amide bonds. The largest absolute Gasteiger partial charge is 0.383 e. The zero-order valence-corrected chi connectivity index (χ0v) is 12.3. The molecule has 0 atom stereocenters. The molecule has 0 bridgehead atoms. The van der Waals surface area contributed by atoms with Gasteiger partial charge in [0, 0.05) is 32.0 Å². The molecule has 0 saturated carbocycles. The molecule has 106 valence electrons. The van der Waals surface area contributed by atoms with Crippen LogP contribution in [0.4, 0.5) is 11.4 Å². The summed E-state index contributed by atoms with van der Waals surface area (Å²) >= 11 is 0. The van der Waals surface area contributed by atoms with Gasteiger partial charge in [-0.1, -0.05) is 18.2 Å². The van der Waals surface area contributed by atoms with Gasteiger partial charge >= 0.3 is 0 Å². The maximum Gasteiger partial charge on any atom is 0.0602 e. The van der Waals surface area contributed by atoms with E-state index in [9.17, 15) is 0 Å². The number of pyridine rings is 1. The monoisotopic (exact) mass is 289 g/mol. The maximum atomic E-state index is 4.18. The minimum Gasteiger partial charge on any atom is -0.383 e. The molecule has 0 fully saturated rings. The molecule has 1 aromatic heterocycles. The summed E-state index contributed by atoms with van der Waals surface area (Å²) in [5.41, 5.74) is 3.88. The number of hydrogen-bond acceptors (Lipinski definition) is 3. The predicted molar refractivity (Wildman–Crippen MR) is 87.0 cm³/mol. The Kier molecular flexibility index (Phi) is 5.24. The highest BCUT2D eigenvalue weighted by atomic mass is 35.5. The number of hydrogen-bond donors (Lipinski definition) is 1. The van der Waals surface area contributed by atoms with E-state index >= 15 is 0 Å². The van der Waals surface area contributed by atoms with Gasteiger partial charge in [-0.05, 0) is 36.6 Å². The second-order valence-corrected chi connectivity index (χ2v) is 4.90. The number of aromatic nitrogens is 1. The van der Waals surface area contributed by atoms with Crippen LogP contribution >= 0.6 is 12.4 Å². The van der Waals surface area contributed by atoms with Crippen molar-refractivity contribution in [2.75, 3.05) is 29.9 Å². The molecule has 2 heterocycles. The third-order valence-corrected chi connectivity index (χ3v) is 3.56. The van der Waals surface area contributed by atoms with E-state index in [-0.39, 0.29) is 12.4 Å². The minimum absolute atomic E-state index is 0. The van der Waals surface area contributed by atoms with Gasteiger partial charge in [0.15, 0.2) is 0 Å². The number of fused-ring (bicyclic) bond motifs is 1. The SMILES string of the molecule is Cl.c1cncc(CCN2CCCNc3ccccc32)c1. The molecule has 4 heteroatoms. The molecule has 0 spiro atoms. The Morgan fingerprint density at radius 3 is 2.90 bits per heavy atom. The second-order valence-electron chi connectivity index (χ2n) is 4.90. The predicted octanol–water partition coefficient (Wildman–Crippen LogP) is 3.37. The summed E-state index contributed by atoms with van der Waals surface area (Å²) in [7, 11) is 0. The minimum atomic E-state index is 0. The summed E-state index contributed by atoms with van der Waals surface area (Å²) in [6.07, 6.45) is 6.01. The molecule has 2 aromatic rings. The second kappa shape index (κ2) is 7.15. The summed E-state index contributed by atoms with van der Waals surface area (Å²) in [5, 5.41) is 3.50. The van der Waals surface area contributed by atoms with Gasteiger partial charge in [-0.15, -0.1) is 12.4 Å². The first-order chi connectivity index (χ1) is 9.43. The fraction of sp³-hybridized carbons (Fsp3) is 0.312. The molecule has 1 aliphatic heterocycles. The maximum absolute atomic E-state index is 4.18. The van der Waals surface area contributed by atoms with Crippen molar-refractivity contribution in [1.29, 1.82) is 0 Å². The normalized spacial score (nSPS) is 13.7. The van der Waals surface area contributed by atoms with Gasteiger partial charge in [-0.3, -0.25) is 4.98 Å². The summed E-state index contributed by atoms with van der Waals surface area (Å²) in [5.74, 6) is 0. The molecule has 1 N–H and O–H groups in total. The average Bonchev–Trinajstić information content (AvgIpc) is 2.68. The number of anilines is 2. The van der Waals surface area contributed by atoms with Gasteiger partial charge in [0.05, 0.1) is 11.4 Å². The van der Waals surface area contributed by atoms with Crippen molar-refractivity contribution in [3.8, 4) is 0 Å². The lowest BCUT2D eigenvalue weighted by atomic mass is 10.2. The highest BCUT2D eigenvalue weighted by Gasteiger charge is 2.13. The van der Waals surface area contributed by atoms with Crippen molar-refractivity contribution >= 4 is 23.8 Å². The van der Waals surface area contributed by atoms with E-state index in [4.69, 9.17) is 0 Å². The Balaban J connectivity index is 0.00000147. The van der Waals surface area contributed by atoms with E-state index < -0.39 is 0 Å². The van der Waals surface area contributed by atoms with E-state index in [0.717, 1.165) is 26.1 Å². The van der Waals surface area contributed by atoms with Crippen LogP contribution in [-0.2, 0) is 6.42 Å². The molecule has 3 rings (SSSR count). The third-order valence-electron chi connectivity index (χ3n) is 3.56. The lowest BCUT2D eigenvalue weighted by Crippen LogP contribution is -2.26. The molecule has 0 aliphatic carbocycles. The molecule has 3 nitrogen and oxygen atoms in total. The Morgan fingerprint density at radius 1 is 1.15 bits per heavy atom.